The van der Waals surface area contributed by atoms with Crippen molar-refractivity contribution in [2.24, 2.45) is 0 Å². The van der Waals surface area contributed by atoms with E-state index in [0.717, 1.165) is 37.0 Å². The van der Waals surface area contributed by atoms with E-state index in [4.69, 9.17) is 4.74 Å². The molecule has 0 saturated carbocycles. The first kappa shape index (κ1) is 19.5. The molecule has 0 unspecified atom stereocenters. The minimum Gasteiger partial charge on any atom is -0.390 e. The standard InChI is InChI=1S/C24H29N3O3/c28-18(16-25-11-13-26(14-12-25)24(29)23-10-5-15-30-23)17-27-21-8-3-1-6-19(21)20-7-2-4-9-22(20)27/h1-4,6-9,18,23,28H,5,10-17H2/t18-,23-/m0/s1. The quantitative estimate of drug-likeness (QED) is 0.706. The molecule has 2 aromatic carbocycles. The van der Waals surface area contributed by atoms with E-state index in [-0.39, 0.29) is 12.0 Å². The van der Waals surface area contributed by atoms with E-state index in [1.807, 2.05) is 17.0 Å². The third-order valence-corrected chi connectivity index (χ3v) is 6.43. The number of carbonyl (C=O) groups is 1. The number of carbonyl (C=O) groups excluding carboxylic acids is 1. The van der Waals surface area contributed by atoms with Gasteiger partial charge in [-0.05, 0) is 25.0 Å². The zero-order chi connectivity index (χ0) is 20.5. The van der Waals surface area contributed by atoms with Gasteiger partial charge < -0.3 is 19.3 Å². The number of β-amino-alcohol motifs (C(OH)–C–C–N with tert-alkyl or cyclic N) is 1. The summed E-state index contributed by atoms with van der Waals surface area (Å²) in [5.74, 6) is 0.137. The van der Waals surface area contributed by atoms with Gasteiger partial charge >= 0.3 is 0 Å². The zero-order valence-electron chi connectivity index (χ0n) is 17.2. The van der Waals surface area contributed by atoms with Crippen LogP contribution in [0, 0.1) is 0 Å². The molecular weight excluding hydrogens is 378 g/mol. The second-order valence-corrected chi connectivity index (χ2v) is 8.43. The van der Waals surface area contributed by atoms with Gasteiger partial charge in [0.1, 0.15) is 6.10 Å². The van der Waals surface area contributed by atoms with Crippen molar-refractivity contribution in [2.75, 3.05) is 39.3 Å². The fourth-order valence-electron chi connectivity index (χ4n) is 4.89. The molecule has 3 aromatic rings. The van der Waals surface area contributed by atoms with E-state index in [1.54, 1.807) is 0 Å². The highest BCUT2D eigenvalue weighted by Crippen LogP contribution is 2.29. The van der Waals surface area contributed by atoms with Crippen molar-refractivity contribution in [1.82, 2.24) is 14.4 Å². The van der Waals surface area contributed by atoms with Gasteiger partial charge in [0.25, 0.3) is 5.91 Å². The number of aliphatic hydroxyl groups excluding tert-OH is 1. The summed E-state index contributed by atoms with van der Waals surface area (Å²) in [4.78, 5) is 16.7. The summed E-state index contributed by atoms with van der Waals surface area (Å²) in [7, 11) is 0. The maximum atomic E-state index is 12.5. The van der Waals surface area contributed by atoms with Gasteiger partial charge in [0.05, 0.1) is 12.6 Å². The summed E-state index contributed by atoms with van der Waals surface area (Å²) in [6, 6.07) is 16.8. The number of nitrogens with zero attached hydrogens (tertiary/aromatic N) is 3. The Kier molecular flexibility index (Phi) is 5.46. The van der Waals surface area contributed by atoms with E-state index in [0.29, 0.717) is 32.8 Å². The van der Waals surface area contributed by atoms with E-state index in [1.165, 1.54) is 10.8 Å². The van der Waals surface area contributed by atoms with Crippen LogP contribution in [0.2, 0.25) is 0 Å². The Morgan fingerprint density at radius 2 is 1.60 bits per heavy atom. The van der Waals surface area contributed by atoms with Gasteiger partial charge in [0, 0.05) is 61.1 Å². The summed E-state index contributed by atoms with van der Waals surface area (Å²) in [5, 5.41) is 13.3. The molecule has 2 atom stereocenters. The van der Waals surface area contributed by atoms with Gasteiger partial charge in [0.15, 0.2) is 0 Å². The van der Waals surface area contributed by atoms with Crippen LogP contribution < -0.4 is 0 Å². The molecule has 6 nitrogen and oxygen atoms in total. The molecule has 3 heterocycles. The number of piperazine rings is 1. The maximum absolute atomic E-state index is 12.5. The van der Waals surface area contributed by atoms with Crippen molar-refractivity contribution in [2.45, 2.75) is 31.6 Å². The van der Waals surface area contributed by atoms with Crippen LogP contribution in [0.1, 0.15) is 12.8 Å². The second kappa shape index (κ2) is 8.38. The van der Waals surface area contributed by atoms with Crippen molar-refractivity contribution in [3.8, 4) is 0 Å². The molecule has 30 heavy (non-hydrogen) atoms. The molecule has 0 radical (unpaired) electrons. The Morgan fingerprint density at radius 3 is 2.20 bits per heavy atom. The van der Waals surface area contributed by atoms with Crippen LogP contribution in [0.4, 0.5) is 0 Å². The van der Waals surface area contributed by atoms with Crippen LogP contribution >= 0.6 is 0 Å². The number of aliphatic hydroxyl groups is 1. The first-order valence-corrected chi connectivity index (χ1v) is 11.0. The third kappa shape index (κ3) is 3.71. The highest BCUT2D eigenvalue weighted by atomic mass is 16.5. The topological polar surface area (TPSA) is 57.9 Å². The smallest absolute Gasteiger partial charge is 0.251 e. The molecule has 2 saturated heterocycles. The molecule has 0 bridgehead atoms. The fourth-order valence-corrected chi connectivity index (χ4v) is 4.89. The number of hydrogen-bond acceptors (Lipinski definition) is 4. The Bertz CT molecular complexity index is 979. The first-order chi connectivity index (χ1) is 14.7. The number of amides is 1. The molecular formula is C24H29N3O3. The lowest BCUT2D eigenvalue weighted by atomic mass is 10.2. The molecule has 0 aliphatic carbocycles. The molecule has 5 rings (SSSR count). The third-order valence-electron chi connectivity index (χ3n) is 6.43. The summed E-state index contributed by atoms with van der Waals surface area (Å²) < 4.78 is 7.77. The lowest BCUT2D eigenvalue weighted by Crippen LogP contribution is -2.52. The van der Waals surface area contributed by atoms with E-state index in [9.17, 15) is 9.90 Å². The van der Waals surface area contributed by atoms with Crippen molar-refractivity contribution in [3.63, 3.8) is 0 Å². The lowest BCUT2D eigenvalue weighted by molar-refractivity contribution is -0.142. The molecule has 1 aromatic heterocycles. The number of ether oxygens (including phenoxy) is 1. The molecule has 1 amide bonds. The highest BCUT2D eigenvalue weighted by molar-refractivity contribution is 6.07. The zero-order valence-corrected chi connectivity index (χ0v) is 17.2. The van der Waals surface area contributed by atoms with Crippen LogP contribution in [0.15, 0.2) is 48.5 Å². The second-order valence-electron chi connectivity index (χ2n) is 8.43. The van der Waals surface area contributed by atoms with Crippen LogP contribution in [-0.4, -0.2) is 76.9 Å². The number of aromatic nitrogens is 1. The summed E-state index contributed by atoms with van der Waals surface area (Å²) in [6.45, 7) is 4.88. The summed E-state index contributed by atoms with van der Waals surface area (Å²) in [6.07, 6.45) is 1.11. The van der Waals surface area contributed by atoms with Crippen LogP contribution in [0.5, 0.6) is 0 Å². The average molecular weight is 408 g/mol. The fraction of sp³-hybridized carbons (Fsp3) is 0.458. The summed E-state index contributed by atoms with van der Waals surface area (Å²) in [5.41, 5.74) is 2.31. The largest absolute Gasteiger partial charge is 0.390 e. The SMILES string of the molecule is O=C([C@@H]1CCCO1)N1CCN(C[C@H](O)Cn2c3ccccc3c3ccccc32)CC1. The Hall–Kier alpha value is -2.41. The molecule has 2 fully saturated rings. The number of fused-ring (bicyclic) bond motifs is 3. The van der Waals surface area contributed by atoms with Gasteiger partial charge in [-0.2, -0.15) is 0 Å². The Balaban J connectivity index is 1.23. The monoisotopic (exact) mass is 407 g/mol. The van der Waals surface area contributed by atoms with Crippen molar-refractivity contribution in [1.29, 1.82) is 0 Å². The minimum atomic E-state index is -0.468. The molecule has 1 N–H and O–H groups in total. The van der Waals surface area contributed by atoms with E-state index in [2.05, 4.69) is 45.9 Å². The maximum Gasteiger partial charge on any atom is 0.251 e. The van der Waals surface area contributed by atoms with Crippen molar-refractivity contribution < 1.29 is 14.6 Å². The number of benzene rings is 2. The minimum absolute atomic E-state index is 0.137. The molecule has 2 aliphatic heterocycles. The van der Waals surface area contributed by atoms with E-state index >= 15 is 0 Å². The van der Waals surface area contributed by atoms with Crippen molar-refractivity contribution in [3.05, 3.63) is 48.5 Å². The molecule has 0 spiro atoms. The van der Waals surface area contributed by atoms with Gasteiger partial charge in [-0.3, -0.25) is 9.69 Å². The van der Waals surface area contributed by atoms with Gasteiger partial charge in [-0.1, -0.05) is 36.4 Å². The number of rotatable bonds is 5. The van der Waals surface area contributed by atoms with Gasteiger partial charge in [-0.25, -0.2) is 0 Å². The van der Waals surface area contributed by atoms with Crippen LogP contribution in [-0.2, 0) is 16.1 Å². The number of hydrogen-bond donors (Lipinski definition) is 1. The highest BCUT2D eigenvalue weighted by Gasteiger charge is 2.30. The molecule has 6 heteroatoms. The Labute approximate surface area is 176 Å². The normalized spacial score (nSPS) is 21.5. The predicted octanol–water partition coefficient (Wildman–Crippen LogP) is 2.48. The van der Waals surface area contributed by atoms with Gasteiger partial charge in [0.2, 0.25) is 0 Å². The lowest BCUT2D eigenvalue weighted by Gasteiger charge is -2.36. The Morgan fingerprint density at radius 1 is 0.967 bits per heavy atom. The van der Waals surface area contributed by atoms with Crippen molar-refractivity contribution >= 4 is 27.7 Å². The van der Waals surface area contributed by atoms with Crippen LogP contribution in [0.25, 0.3) is 21.8 Å². The first-order valence-electron chi connectivity index (χ1n) is 11.0. The average Bonchev–Trinajstić information content (AvgIpc) is 3.42. The van der Waals surface area contributed by atoms with E-state index < -0.39 is 6.10 Å². The predicted molar refractivity (Wildman–Crippen MR) is 117 cm³/mol. The molecule has 2 aliphatic rings. The summed E-state index contributed by atoms with van der Waals surface area (Å²) >= 11 is 0. The number of para-hydroxylation sites is 2. The van der Waals surface area contributed by atoms with Gasteiger partial charge in [-0.15, -0.1) is 0 Å². The van der Waals surface area contributed by atoms with Crippen LogP contribution in [0.3, 0.4) is 0 Å². The molecule has 158 valence electrons.